The zero-order chi connectivity index (χ0) is 14.4. The standard InChI is InChI=1S/C13H21N5O2/c1-9-2-10-4-12(3-9)6-13(12,5-10)11(19)20-18(8-15)17-16-7-14/h7-10,15,17H,2-6H2,1H3,(H2,14,16). The van der Waals surface area contributed by atoms with E-state index in [1.54, 1.807) is 0 Å². The Hall–Kier alpha value is -1.63. The van der Waals surface area contributed by atoms with Gasteiger partial charge in [0.05, 0.1) is 11.8 Å². The number of fused-ring (bicyclic) bond motifs is 1. The molecule has 20 heavy (non-hydrogen) atoms. The summed E-state index contributed by atoms with van der Waals surface area (Å²) in [5.74, 6) is 1.11. The molecule has 3 aliphatic carbocycles. The highest BCUT2D eigenvalue weighted by Crippen LogP contribution is 2.80. The maximum atomic E-state index is 12.5. The maximum Gasteiger partial charge on any atom is 0.341 e. The van der Waals surface area contributed by atoms with Gasteiger partial charge in [-0.3, -0.25) is 16.2 Å². The van der Waals surface area contributed by atoms with E-state index in [2.05, 4.69) is 17.9 Å². The third kappa shape index (κ3) is 1.80. The van der Waals surface area contributed by atoms with Gasteiger partial charge in [0.1, 0.15) is 6.34 Å². The monoisotopic (exact) mass is 279 g/mol. The zero-order valence-electron chi connectivity index (χ0n) is 11.6. The zero-order valence-corrected chi connectivity index (χ0v) is 11.6. The van der Waals surface area contributed by atoms with E-state index in [0.717, 1.165) is 43.5 Å². The average Bonchev–Trinajstić information content (AvgIpc) is 2.92. The molecule has 0 aromatic rings. The lowest BCUT2D eigenvalue weighted by Crippen LogP contribution is -2.47. The number of hydrazine groups is 2. The van der Waals surface area contributed by atoms with E-state index in [0.29, 0.717) is 11.8 Å². The SMILES string of the molecule is CC1CC2CC3(C1)CC3(C(=O)ON(C=N)NNC=N)C2. The molecule has 7 nitrogen and oxygen atoms in total. The highest BCUT2D eigenvalue weighted by molar-refractivity contribution is 5.83. The van der Waals surface area contributed by atoms with E-state index in [1.165, 1.54) is 6.42 Å². The first-order valence-electron chi connectivity index (χ1n) is 7.08. The van der Waals surface area contributed by atoms with Crippen LogP contribution in [0.5, 0.6) is 0 Å². The van der Waals surface area contributed by atoms with Gasteiger partial charge in [0.25, 0.3) is 0 Å². The Bertz CT molecular complexity index is 456. The van der Waals surface area contributed by atoms with Gasteiger partial charge < -0.3 is 4.84 Å². The van der Waals surface area contributed by atoms with Crippen LogP contribution in [-0.2, 0) is 9.63 Å². The molecule has 3 aliphatic rings. The molecule has 0 amide bonds. The molecule has 110 valence electrons. The van der Waals surface area contributed by atoms with Gasteiger partial charge in [0.2, 0.25) is 0 Å². The van der Waals surface area contributed by atoms with E-state index < -0.39 is 0 Å². The van der Waals surface area contributed by atoms with Crippen LogP contribution in [0.15, 0.2) is 0 Å². The molecule has 0 saturated heterocycles. The van der Waals surface area contributed by atoms with Gasteiger partial charge in [-0.25, -0.2) is 4.79 Å². The van der Waals surface area contributed by atoms with Crippen LogP contribution in [0.4, 0.5) is 0 Å². The maximum absolute atomic E-state index is 12.5. The number of carbonyl (C=O) groups is 1. The summed E-state index contributed by atoms with van der Waals surface area (Å²) < 4.78 is 0. The predicted molar refractivity (Wildman–Crippen MR) is 72.4 cm³/mol. The van der Waals surface area contributed by atoms with Gasteiger partial charge in [-0.15, -0.1) is 10.7 Å². The Morgan fingerprint density at radius 3 is 2.90 bits per heavy atom. The summed E-state index contributed by atoms with van der Waals surface area (Å²) in [5, 5.41) is 14.9. The number of hydroxylamine groups is 1. The minimum Gasteiger partial charge on any atom is -0.322 e. The van der Waals surface area contributed by atoms with E-state index in [9.17, 15) is 4.79 Å². The minimum atomic E-state index is -0.323. The first kappa shape index (κ1) is 13.4. The van der Waals surface area contributed by atoms with Crippen LogP contribution in [0.3, 0.4) is 0 Å². The van der Waals surface area contributed by atoms with Crippen molar-refractivity contribution in [2.24, 2.45) is 22.7 Å². The second-order valence-corrected chi connectivity index (χ2v) is 6.59. The third-order valence-electron chi connectivity index (χ3n) is 5.26. The molecular weight excluding hydrogens is 258 g/mol. The summed E-state index contributed by atoms with van der Waals surface area (Å²) >= 11 is 0. The van der Waals surface area contributed by atoms with E-state index >= 15 is 0 Å². The molecule has 2 bridgehead atoms. The van der Waals surface area contributed by atoms with E-state index in [4.69, 9.17) is 15.7 Å². The molecule has 0 aromatic heterocycles. The van der Waals surface area contributed by atoms with Crippen LogP contribution in [0, 0.1) is 33.5 Å². The van der Waals surface area contributed by atoms with Gasteiger partial charge in [-0.2, -0.15) is 0 Å². The van der Waals surface area contributed by atoms with Crippen molar-refractivity contribution in [2.75, 3.05) is 0 Å². The Morgan fingerprint density at radius 1 is 1.40 bits per heavy atom. The number of hydrogen-bond donors (Lipinski definition) is 4. The van der Waals surface area contributed by atoms with Crippen LogP contribution in [-0.4, -0.2) is 23.8 Å². The fourth-order valence-corrected chi connectivity index (χ4v) is 4.77. The number of rotatable bonds is 6. The van der Waals surface area contributed by atoms with E-state index in [-0.39, 0.29) is 16.8 Å². The van der Waals surface area contributed by atoms with Crippen molar-refractivity contribution < 1.29 is 9.63 Å². The highest BCUT2D eigenvalue weighted by Gasteiger charge is 2.78. The third-order valence-corrected chi connectivity index (χ3v) is 5.26. The highest BCUT2D eigenvalue weighted by atomic mass is 16.7. The molecule has 1 spiro atoms. The lowest BCUT2D eigenvalue weighted by Gasteiger charge is -2.28. The van der Waals surface area contributed by atoms with Crippen molar-refractivity contribution in [1.29, 1.82) is 10.8 Å². The molecule has 0 aliphatic heterocycles. The minimum absolute atomic E-state index is 0.162. The van der Waals surface area contributed by atoms with Crippen molar-refractivity contribution >= 4 is 18.6 Å². The van der Waals surface area contributed by atoms with Crippen LogP contribution < -0.4 is 11.0 Å². The molecule has 4 unspecified atom stereocenters. The number of nitrogens with zero attached hydrogens (tertiary/aromatic N) is 1. The van der Waals surface area contributed by atoms with Gasteiger partial charge in [-0.1, -0.05) is 6.92 Å². The molecule has 0 heterocycles. The van der Waals surface area contributed by atoms with Crippen LogP contribution >= 0.6 is 0 Å². The first-order chi connectivity index (χ1) is 9.55. The van der Waals surface area contributed by atoms with Crippen LogP contribution in [0.2, 0.25) is 0 Å². The van der Waals surface area contributed by atoms with Crippen molar-refractivity contribution in [2.45, 2.75) is 39.0 Å². The number of nitrogens with one attached hydrogen (secondary N) is 4. The van der Waals surface area contributed by atoms with Crippen molar-refractivity contribution in [1.82, 2.24) is 16.1 Å². The lowest BCUT2D eigenvalue weighted by molar-refractivity contribution is -0.191. The second-order valence-electron chi connectivity index (χ2n) is 6.59. The molecule has 4 atom stereocenters. The lowest BCUT2D eigenvalue weighted by atomic mass is 9.77. The Morgan fingerprint density at radius 2 is 2.20 bits per heavy atom. The van der Waals surface area contributed by atoms with Crippen molar-refractivity contribution in [3.05, 3.63) is 0 Å². The Kier molecular flexibility index (Phi) is 2.97. The quantitative estimate of drug-likeness (QED) is 0.332. The number of carbonyl (C=O) groups excluding carboxylic acids is 1. The summed E-state index contributed by atoms with van der Waals surface area (Å²) in [5.41, 5.74) is 4.63. The van der Waals surface area contributed by atoms with Gasteiger partial charge in [-0.05, 0) is 49.4 Å². The summed E-state index contributed by atoms with van der Waals surface area (Å²) in [7, 11) is 0. The van der Waals surface area contributed by atoms with Crippen molar-refractivity contribution in [3.63, 3.8) is 0 Å². The van der Waals surface area contributed by atoms with Crippen LogP contribution in [0.1, 0.15) is 39.0 Å². The summed E-state index contributed by atoms with van der Waals surface area (Å²) in [4.78, 5) is 17.7. The molecular formula is C13H21N5O2. The molecule has 0 aromatic carbocycles. The normalized spacial score (nSPS) is 40.5. The van der Waals surface area contributed by atoms with Gasteiger partial charge in [0, 0.05) is 0 Å². The smallest absolute Gasteiger partial charge is 0.322 e. The molecule has 3 rings (SSSR count). The van der Waals surface area contributed by atoms with Crippen LogP contribution in [0.25, 0.3) is 0 Å². The predicted octanol–water partition coefficient (Wildman–Crippen LogP) is 1.19. The molecule has 7 heteroatoms. The second kappa shape index (κ2) is 4.44. The fourth-order valence-electron chi connectivity index (χ4n) is 4.77. The van der Waals surface area contributed by atoms with Crippen molar-refractivity contribution in [3.8, 4) is 0 Å². The Labute approximate surface area is 118 Å². The largest absolute Gasteiger partial charge is 0.341 e. The summed E-state index contributed by atoms with van der Waals surface area (Å²) in [6, 6.07) is 0. The molecule has 3 fully saturated rings. The topological polar surface area (TPSA) is 101 Å². The van der Waals surface area contributed by atoms with E-state index in [1.807, 2.05) is 0 Å². The number of hydrogen-bond acceptors (Lipinski definition) is 5. The molecule has 4 N–H and O–H groups in total. The molecule has 3 saturated carbocycles. The average molecular weight is 279 g/mol. The first-order valence-corrected chi connectivity index (χ1v) is 7.08. The van der Waals surface area contributed by atoms with Gasteiger partial charge >= 0.3 is 5.97 Å². The summed E-state index contributed by atoms with van der Waals surface area (Å²) in [6.45, 7) is 2.27. The van der Waals surface area contributed by atoms with Gasteiger partial charge in [0.15, 0.2) is 0 Å². The summed E-state index contributed by atoms with van der Waals surface area (Å²) in [6.07, 6.45) is 7.13. The Balaban J connectivity index is 1.67. The molecule has 0 radical (unpaired) electrons. The fraction of sp³-hybridized carbons (Fsp3) is 0.769.